The van der Waals surface area contributed by atoms with Gasteiger partial charge in [0, 0.05) is 0 Å². The first-order valence-electron chi connectivity index (χ1n) is 11.3. The number of hydrogen-bond donors (Lipinski definition) is 0. The summed E-state index contributed by atoms with van der Waals surface area (Å²) < 4.78 is 0. The largest absolute Gasteiger partial charge is 0.283 e. The molecule has 5 aromatic rings. The fourth-order valence-electron chi connectivity index (χ4n) is 4.35. The summed E-state index contributed by atoms with van der Waals surface area (Å²) in [5, 5.41) is 27.7. The molecule has 0 spiro atoms. The Morgan fingerprint density at radius 3 is 1.31 bits per heavy atom. The molecule has 0 saturated carbocycles. The standard InChI is InChI=1S/C30H20N2O4/c33-31(34)29-20-30(32(35)36)26(18-16-24-12-6-10-22-8-2-4-14-28(22)24)19-25(29)17-15-23-11-5-9-21-7-1-3-13-27(21)23/h1-20H/b17-15-,18-16+. The summed E-state index contributed by atoms with van der Waals surface area (Å²) in [6, 6.07) is 30.0. The van der Waals surface area contributed by atoms with Gasteiger partial charge in [0.15, 0.2) is 0 Å². The lowest BCUT2D eigenvalue weighted by atomic mass is 10.0. The van der Waals surface area contributed by atoms with E-state index in [1.165, 1.54) is 6.07 Å². The predicted molar refractivity (Wildman–Crippen MR) is 146 cm³/mol. The van der Waals surface area contributed by atoms with Crippen molar-refractivity contribution in [2.75, 3.05) is 0 Å². The van der Waals surface area contributed by atoms with Crippen molar-refractivity contribution >= 4 is 57.2 Å². The van der Waals surface area contributed by atoms with Crippen LogP contribution in [0.1, 0.15) is 22.3 Å². The van der Waals surface area contributed by atoms with Crippen LogP contribution < -0.4 is 0 Å². The molecule has 0 heterocycles. The van der Waals surface area contributed by atoms with Crippen LogP contribution in [0.5, 0.6) is 0 Å². The number of nitrogens with zero attached hydrogens (tertiary/aromatic N) is 2. The summed E-state index contributed by atoms with van der Waals surface area (Å²) in [5.41, 5.74) is 1.73. The summed E-state index contributed by atoms with van der Waals surface area (Å²) >= 11 is 0. The van der Waals surface area contributed by atoms with Gasteiger partial charge in [0.05, 0.1) is 27.0 Å². The predicted octanol–water partition coefficient (Wildman–Crippen LogP) is 8.15. The second-order valence-corrected chi connectivity index (χ2v) is 8.29. The quantitative estimate of drug-likeness (QED) is 0.142. The third kappa shape index (κ3) is 4.48. The van der Waals surface area contributed by atoms with Gasteiger partial charge in [0.2, 0.25) is 0 Å². The number of rotatable bonds is 6. The zero-order chi connectivity index (χ0) is 25.1. The second kappa shape index (κ2) is 9.64. The van der Waals surface area contributed by atoms with Crippen LogP contribution in [0.25, 0.3) is 45.8 Å². The Morgan fingerprint density at radius 1 is 0.472 bits per heavy atom. The van der Waals surface area contributed by atoms with Gasteiger partial charge >= 0.3 is 0 Å². The fourth-order valence-corrected chi connectivity index (χ4v) is 4.35. The summed E-state index contributed by atoms with van der Waals surface area (Å²) in [7, 11) is 0. The molecule has 5 rings (SSSR count). The SMILES string of the molecule is O=[N+]([O-])c1cc([N+](=O)[O-])c(/C=C/c2cccc3ccccc23)cc1/C=C\c1cccc2ccccc12. The number of hydrogen-bond acceptors (Lipinski definition) is 4. The molecule has 6 heteroatoms. The van der Waals surface area contributed by atoms with E-state index in [1.54, 1.807) is 24.3 Å². The van der Waals surface area contributed by atoms with E-state index in [9.17, 15) is 20.2 Å². The first-order chi connectivity index (χ1) is 17.5. The van der Waals surface area contributed by atoms with Crippen molar-refractivity contribution in [1.29, 1.82) is 0 Å². The highest BCUT2D eigenvalue weighted by molar-refractivity contribution is 5.95. The highest BCUT2D eigenvalue weighted by atomic mass is 16.6. The maximum Gasteiger partial charge on any atom is 0.283 e. The molecule has 0 aliphatic carbocycles. The topological polar surface area (TPSA) is 86.3 Å². The van der Waals surface area contributed by atoms with Gasteiger partial charge < -0.3 is 0 Å². The highest BCUT2D eigenvalue weighted by Crippen LogP contribution is 2.32. The average molecular weight is 473 g/mol. The minimum absolute atomic E-state index is 0.288. The van der Waals surface area contributed by atoms with E-state index < -0.39 is 9.85 Å². The Balaban J connectivity index is 1.61. The normalized spacial score (nSPS) is 11.6. The van der Waals surface area contributed by atoms with E-state index in [1.807, 2.05) is 84.9 Å². The number of benzene rings is 5. The molecular formula is C30H20N2O4. The lowest BCUT2D eigenvalue weighted by Crippen LogP contribution is -1.98. The summed E-state index contributed by atoms with van der Waals surface area (Å²) in [5.74, 6) is 0. The van der Waals surface area contributed by atoms with Gasteiger partial charge in [-0.2, -0.15) is 0 Å². The third-order valence-corrected chi connectivity index (χ3v) is 6.10. The molecular weight excluding hydrogens is 452 g/mol. The molecule has 0 bridgehead atoms. The zero-order valence-corrected chi connectivity index (χ0v) is 19.1. The van der Waals surface area contributed by atoms with Gasteiger partial charge in [-0.3, -0.25) is 20.2 Å². The molecule has 0 aliphatic rings. The Hall–Kier alpha value is -5.10. The third-order valence-electron chi connectivity index (χ3n) is 6.10. The molecule has 0 atom stereocenters. The Kier molecular flexibility index (Phi) is 6.07. The number of nitro benzene ring substituents is 2. The molecule has 0 saturated heterocycles. The van der Waals surface area contributed by atoms with Crippen LogP contribution in [0, 0.1) is 20.2 Å². The molecule has 36 heavy (non-hydrogen) atoms. The first-order valence-corrected chi connectivity index (χ1v) is 11.3. The van der Waals surface area contributed by atoms with Crippen molar-refractivity contribution in [2.45, 2.75) is 0 Å². The minimum atomic E-state index is -0.589. The van der Waals surface area contributed by atoms with E-state index >= 15 is 0 Å². The molecule has 0 amide bonds. The number of nitro groups is 2. The maximum absolute atomic E-state index is 11.8. The van der Waals surface area contributed by atoms with Crippen molar-refractivity contribution in [1.82, 2.24) is 0 Å². The van der Waals surface area contributed by atoms with Gasteiger partial charge in [-0.1, -0.05) is 97.1 Å². The smallest absolute Gasteiger partial charge is 0.258 e. The van der Waals surface area contributed by atoms with Crippen LogP contribution in [-0.4, -0.2) is 9.85 Å². The van der Waals surface area contributed by atoms with Crippen molar-refractivity contribution in [3.05, 3.63) is 140 Å². The monoisotopic (exact) mass is 472 g/mol. The number of fused-ring (bicyclic) bond motifs is 2. The van der Waals surface area contributed by atoms with Crippen molar-refractivity contribution in [2.24, 2.45) is 0 Å². The minimum Gasteiger partial charge on any atom is -0.258 e. The van der Waals surface area contributed by atoms with Gasteiger partial charge in [-0.25, -0.2) is 0 Å². The van der Waals surface area contributed by atoms with Crippen molar-refractivity contribution in [3.8, 4) is 0 Å². The Labute approximate surface area is 206 Å². The zero-order valence-electron chi connectivity index (χ0n) is 19.1. The van der Waals surface area contributed by atoms with E-state index in [-0.39, 0.29) is 22.5 Å². The average Bonchev–Trinajstić information content (AvgIpc) is 2.90. The van der Waals surface area contributed by atoms with E-state index in [0.717, 1.165) is 38.7 Å². The maximum atomic E-state index is 11.8. The highest BCUT2D eigenvalue weighted by Gasteiger charge is 2.22. The van der Waals surface area contributed by atoms with Gasteiger partial charge in [0.25, 0.3) is 11.4 Å². The first kappa shape index (κ1) is 22.7. The Morgan fingerprint density at radius 2 is 0.861 bits per heavy atom. The molecule has 0 radical (unpaired) electrons. The second-order valence-electron chi connectivity index (χ2n) is 8.29. The molecule has 0 aromatic heterocycles. The van der Waals surface area contributed by atoms with Gasteiger partial charge in [-0.05, 0) is 50.9 Å². The molecule has 0 unspecified atom stereocenters. The van der Waals surface area contributed by atoms with Crippen LogP contribution in [0.15, 0.2) is 97.1 Å². The summed E-state index contributed by atoms with van der Waals surface area (Å²) in [4.78, 5) is 22.4. The van der Waals surface area contributed by atoms with Crippen molar-refractivity contribution < 1.29 is 9.85 Å². The molecule has 0 fully saturated rings. The lowest BCUT2D eigenvalue weighted by molar-refractivity contribution is -0.394. The molecule has 0 aliphatic heterocycles. The van der Waals surface area contributed by atoms with Gasteiger partial charge in [0.1, 0.15) is 0 Å². The molecule has 5 aromatic carbocycles. The summed E-state index contributed by atoms with van der Waals surface area (Å²) in [6.07, 6.45) is 6.88. The fraction of sp³-hybridized carbons (Fsp3) is 0. The van der Waals surface area contributed by atoms with Crippen LogP contribution in [-0.2, 0) is 0 Å². The summed E-state index contributed by atoms with van der Waals surface area (Å²) in [6.45, 7) is 0. The molecule has 174 valence electrons. The molecule has 0 N–H and O–H groups in total. The Bertz CT molecular complexity index is 1570. The van der Waals surface area contributed by atoms with E-state index in [4.69, 9.17) is 0 Å². The van der Waals surface area contributed by atoms with E-state index in [2.05, 4.69) is 0 Å². The van der Waals surface area contributed by atoms with Crippen molar-refractivity contribution in [3.63, 3.8) is 0 Å². The van der Waals surface area contributed by atoms with Crippen LogP contribution in [0.3, 0.4) is 0 Å². The van der Waals surface area contributed by atoms with Crippen LogP contribution >= 0.6 is 0 Å². The molecule has 6 nitrogen and oxygen atoms in total. The van der Waals surface area contributed by atoms with Crippen LogP contribution in [0.4, 0.5) is 11.4 Å². The van der Waals surface area contributed by atoms with Gasteiger partial charge in [-0.15, -0.1) is 0 Å². The van der Waals surface area contributed by atoms with Crippen LogP contribution in [0.2, 0.25) is 0 Å². The van der Waals surface area contributed by atoms with E-state index in [0.29, 0.717) is 0 Å². The lowest BCUT2D eigenvalue weighted by Gasteiger charge is -2.05.